The summed E-state index contributed by atoms with van der Waals surface area (Å²) in [6.45, 7) is 3.68. The zero-order valence-electron chi connectivity index (χ0n) is 16.5. The lowest BCUT2D eigenvalue weighted by atomic mass is 10.1. The molecule has 0 fully saturated rings. The van der Waals surface area contributed by atoms with Crippen molar-refractivity contribution in [3.05, 3.63) is 28.8 Å². The number of nitrogens with zero attached hydrogens (tertiary/aromatic N) is 3. The van der Waals surface area contributed by atoms with Gasteiger partial charge in [0.15, 0.2) is 22.8 Å². The van der Waals surface area contributed by atoms with Gasteiger partial charge in [-0.15, -0.1) is 0 Å². The smallest absolute Gasteiger partial charge is 0.329 e. The minimum Gasteiger partial charge on any atom is -0.493 e. The minimum atomic E-state index is -0.418. The van der Waals surface area contributed by atoms with Crippen LogP contribution in [0.3, 0.4) is 0 Å². The second kappa shape index (κ2) is 7.89. The van der Waals surface area contributed by atoms with Gasteiger partial charge in [-0.1, -0.05) is 13.8 Å². The Balaban J connectivity index is 2.25. The van der Waals surface area contributed by atoms with Crippen LogP contribution in [0.4, 0.5) is 0 Å². The van der Waals surface area contributed by atoms with Crippen molar-refractivity contribution >= 4 is 11.3 Å². The molecule has 0 amide bonds. The second-order valence-corrected chi connectivity index (χ2v) is 6.60. The third-order valence-electron chi connectivity index (χ3n) is 4.69. The number of methoxy groups -OCH3 is 3. The number of aliphatic hydroxyl groups is 1. The van der Waals surface area contributed by atoms with Crippen LogP contribution in [0.15, 0.2) is 23.1 Å². The molecule has 0 saturated carbocycles. The van der Waals surface area contributed by atoms with Crippen molar-refractivity contribution in [3.8, 4) is 28.5 Å². The SMILES string of the molecule is COc1ccc(-c2cnc3[nH]c(=O)n([C@@H](CO)C(C)C)c3n2)c(OC)c1OC. The topological polar surface area (TPSA) is 111 Å². The van der Waals surface area contributed by atoms with Gasteiger partial charge in [-0.25, -0.2) is 14.8 Å². The summed E-state index contributed by atoms with van der Waals surface area (Å²) in [7, 11) is 4.60. The van der Waals surface area contributed by atoms with Crippen LogP contribution in [-0.4, -0.2) is 52.6 Å². The molecule has 3 aromatic rings. The molecular weight excluding hydrogens is 364 g/mol. The van der Waals surface area contributed by atoms with Gasteiger partial charge in [0.2, 0.25) is 5.75 Å². The van der Waals surface area contributed by atoms with E-state index in [4.69, 9.17) is 14.2 Å². The molecule has 9 heteroatoms. The average Bonchev–Trinajstić information content (AvgIpc) is 3.02. The normalized spacial score (nSPS) is 12.4. The molecular formula is C19H24N4O5. The highest BCUT2D eigenvalue weighted by Crippen LogP contribution is 2.43. The molecule has 0 bridgehead atoms. The Kier molecular flexibility index (Phi) is 5.55. The molecule has 0 saturated heterocycles. The Morgan fingerprint density at radius 1 is 1.14 bits per heavy atom. The summed E-state index contributed by atoms with van der Waals surface area (Å²) < 4.78 is 17.7. The molecule has 9 nitrogen and oxygen atoms in total. The van der Waals surface area contributed by atoms with Crippen LogP contribution in [0.1, 0.15) is 19.9 Å². The second-order valence-electron chi connectivity index (χ2n) is 6.60. The fraction of sp³-hybridized carbons (Fsp3) is 0.421. The number of H-pyrrole nitrogens is 1. The highest BCUT2D eigenvalue weighted by atomic mass is 16.5. The number of aliphatic hydroxyl groups excluding tert-OH is 1. The monoisotopic (exact) mass is 388 g/mol. The van der Waals surface area contributed by atoms with E-state index in [0.29, 0.717) is 39.8 Å². The van der Waals surface area contributed by atoms with Crippen LogP contribution in [0.25, 0.3) is 22.6 Å². The number of imidazole rings is 1. The summed E-state index contributed by atoms with van der Waals surface area (Å²) in [5.74, 6) is 1.44. The molecule has 0 radical (unpaired) electrons. The number of hydrogen-bond donors (Lipinski definition) is 2. The minimum absolute atomic E-state index is 0.0303. The van der Waals surface area contributed by atoms with E-state index in [-0.39, 0.29) is 18.2 Å². The van der Waals surface area contributed by atoms with Crippen LogP contribution >= 0.6 is 0 Å². The third kappa shape index (κ3) is 3.18. The maximum absolute atomic E-state index is 12.5. The summed E-state index contributed by atoms with van der Waals surface area (Å²) in [6, 6.07) is 3.12. The number of rotatable bonds is 7. The van der Waals surface area contributed by atoms with Crippen molar-refractivity contribution in [1.29, 1.82) is 0 Å². The van der Waals surface area contributed by atoms with Crippen molar-refractivity contribution in [3.63, 3.8) is 0 Å². The first-order valence-electron chi connectivity index (χ1n) is 8.84. The maximum Gasteiger partial charge on any atom is 0.329 e. The van der Waals surface area contributed by atoms with E-state index in [1.807, 2.05) is 13.8 Å². The lowest BCUT2D eigenvalue weighted by molar-refractivity contribution is 0.193. The Morgan fingerprint density at radius 3 is 2.43 bits per heavy atom. The maximum atomic E-state index is 12.5. The number of fused-ring (bicyclic) bond motifs is 1. The summed E-state index contributed by atoms with van der Waals surface area (Å²) in [4.78, 5) is 24.1. The van der Waals surface area contributed by atoms with Crippen molar-refractivity contribution in [1.82, 2.24) is 19.5 Å². The zero-order valence-corrected chi connectivity index (χ0v) is 16.5. The molecule has 1 atom stereocenters. The molecule has 0 spiro atoms. The first-order valence-corrected chi connectivity index (χ1v) is 8.84. The first kappa shape index (κ1) is 19.7. The van der Waals surface area contributed by atoms with Crippen molar-refractivity contribution < 1.29 is 19.3 Å². The van der Waals surface area contributed by atoms with Gasteiger partial charge in [0, 0.05) is 5.56 Å². The lowest BCUT2D eigenvalue weighted by Gasteiger charge is -2.19. The van der Waals surface area contributed by atoms with Gasteiger partial charge in [0.25, 0.3) is 0 Å². The summed E-state index contributed by atoms with van der Waals surface area (Å²) in [5.41, 5.74) is 1.50. The largest absolute Gasteiger partial charge is 0.493 e. The standard InChI is InChI=1S/C19H24N4O5/c1-10(2)13(9-24)23-18-17(22-19(23)25)20-8-12(21-18)11-6-7-14(26-3)16(28-5)15(11)27-4/h6-8,10,13,24H,9H2,1-5H3,(H,20,22,25)/t13-/m0/s1. The van der Waals surface area contributed by atoms with Gasteiger partial charge in [0.1, 0.15) is 0 Å². The van der Waals surface area contributed by atoms with Crippen molar-refractivity contribution in [2.24, 2.45) is 5.92 Å². The van der Waals surface area contributed by atoms with Gasteiger partial charge < -0.3 is 19.3 Å². The molecule has 2 heterocycles. The molecule has 2 aromatic heterocycles. The van der Waals surface area contributed by atoms with Gasteiger partial charge in [-0.05, 0) is 18.1 Å². The lowest BCUT2D eigenvalue weighted by Crippen LogP contribution is -2.28. The highest BCUT2D eigenvalue weighted by Gasteiger charge is 2.23. The molecule has 3 rings (SSSR count). The van der Waals surface area contributed by atoms with Crippen LogP contribution in [0.5, 0.6) is 17.2 Å². The van der Waals surface area contributed by atoms with E-state index in [9.17, 15) is 9.90 Å². The van der Waals surface area contributed by atoms with Crippen LogP contribution in [-0.2, 0) is 0 Å². The van der Waals surface area contributed by atoms with E-state index >= 15 is 0 Å². The van der Waals surface area contributed by atoms with Gasteiger partial charge in [-0.2, -0.15) is 0 Å². The van der Waals surface area contributed by atoms with Gasteiger partial charge in [0.05, 0.1) is 45.9 Å². The Bertz CT molecular complexity index is 1040. The Labute approximate surface area is 161 Å². The molecule has 150 valence electrons. The highest BCUT2D eigenvalue weighted by molar-refractivity contribution is 5.77. The van der Waals surface area contributed by atoms with E-state index in [2.05, 4.69) is 15.0 Å². The number of ether oxygens (including phenoxy) is 3. The van der Waals surface area contributed by atoms with Crippen molar-refractivity contribution in [2.75, 3.05) is 27.9 Å². The predicted octanol–water partition coefficient (Wildman–Crippen LogP) is 2.00. The van der Waals surface area contributed by atoms with Gasteiger partial charge >= 0.3 is 5.69 Å². The molecule has 28 heavy (non-hydrogen) atoms. The molecule has 0 aliphatic rings. The Morgan fingerprint density at radius 2 is 1.86 bits per heavy atom. The summed E-state index contributed by atoms with van der Waals surface area (Å²) in [6.07, 6.45) is 1.55. The fourth-order valence-corrected chi connectivity index (χ4v) is 3.22. The van der Waals surface area contributed by atoms with Gasteiger partial charge in [-0.3, -0.25) is 9.55 Å². The van der Waals surface area contributed by atoms with E-state index in [1.165, 1.54) is 18.8 Å². The third-order valence-corrected chi connectivity index (χ3v) is 4.69. The number of hydrogen-bond acceptors (Lipinski definition) is 7. The number of aromatic amines is 1. The zero-order chi connectivity index (χ0) is 20.4. The number of aromatic nitrogens is 4. The van der Waals surface area contributed by atoms with Crippen LogP contribution < -0.4 is 19.9 Å². The molecule has 1 aromatic carbocycles. The summed E-state index contributed by atoms with van der Waals surface area (Å²) >= 11 is 0. The molecule has 0 unspecified atom stereocenters. The van der Waals surface area contributed by atoms with Crippen LogP contribution in [0.2, 0.25) is 0 Å². The van der Waals surface area contributed by atoms with Crippen LogP contribution in [0, 0.1) is 5.92 Å². The Hall–Kier alpha value is -3.07. The molecule has 0 aliphatic heterocycles. The molecule has 2 N–H and O–H groups in total. The predicted molar refractivity (Wildman–Crippen MR) is 104 cm³/mol. The number of nitrogens with one attached hydrogen (secondary N) is 1. The summed E-state index contributed by atoms with van der Waals surface area (Å²) in [5, 5.41) is 9.77. The van der Waals surface area contributed by atoms with E-state index in [0.717, 1.165) is 0 Å². The first-order chi connectivity index (χ1) is 13.5. The number of benzene rings is 1. The quantitative estimate of drug-likeness (QED) is 0.637. The van der Waals surface area contributed by atoms with E-state index in [1.54, 1.807) is 25.4 Å². The molecule has 0 aliphatic carbocycles. The fourth-order valence-electron chi connectivity index (χ4n) is 3.22. The van der Waals surface area contributed by atoms with Crippen molar-refractivity contribution in [2.45, 2.75) is 19.9 Å². The average molecular weight is 388 g/mol. The van der Waals surface area contributed by atoms with E-state index < -0.39 is 6.04 Å².